The zero-order chi connectivity index (χ0) is 20.3. The lowest BCUT2D eigenvalue weighted by Crippen LogP contribution is -2.27. The SMILES string of the molecule is COc1cc(C=C2SC(=S)N(c3ccccc3)C2=O)ccc1OC(C)C(=O)O. The van der Waals surface area contributed by atoms with E-state index in [0.29, 0.717) is 26.3 Å². The molecule has 1 atom stereocenters. The molecular weight excluding hydrogens is 398 g/mol. The van der Waals surface area contributed by atoms with Gasteiger partial charge in [0, 0.05) is 0 Å². The Hall–Kier alpha value is -2.84. The number of nitrogens with zero attached hydrogens (tertiary/aromatic N) is 1. The summed E-state index contributed by atoms with van der Waals surface area (Å²) in [5.41, 5.74) is 1.43. The molecule has 1 N–H and O–H groups in total. The molecule has 2 aromatic carbocycles. The summed E-state index contributed by atoms with van der Waals surface area (Å²) < 4.78 is 11.1. The monoisotopic (exact) mass is 415 g/mol. The van der Waals surface area contributed by atoms with E-state index in [1.165, 1.54) is 30.7 Å². The molecule has 144 valence electrons. The second-order valence-corrected chi connectivity index (χ2v) is 7.54. The second kappa shape index (κ2) is 8.45. The van der Waals surface area contributed by atoms with Gasteiger partial charge in [0.1, 0.15) is 0 Å². The highest BCUT2D eigenvalue weighted by molar-refractivity contribution is 8.27. The number of anilines is 1. The maximum atomic E-state index is 12.8. The third-order valence-electron chi connectivity index (χ3n) is 3.95. The molecule has 1 aliphatic heterocycles. The van der Waals surface area contributed by atoms with Crippen LogP contribution >= 0.6 is 24.0 Å². The summed E-state index contributed by atoms with van der Waals surface area (Å²) in [5.74, 6) is -0.581. The van der Waals surface area contributed by atoms with Crippen molar-refractivity contribution in [2.24, 2.45) is 0 Å². The predicted octanol–water partition coefficient (Wildman–Crippen LogP) is 3.95. The molecule has 6 nitrogen and oxygen atoms in total. The fraction of sp³-hybridized carbons (Fsp3) is 0.150. The lowest BCUT2D eigenvalue weighted by molar-refractivity contribution is -0.144. The maximum absolute atomic E-state index is 12.8. The summed E-state index contributed by atoms with van der Waals surface area (Å²) in [4.78, 5) is 25.8. The molecule has 1 heterocycles. The van der Waals surface area contributed by atoms with E-state index in [-0.39, 0.29) is 5.91 Å². The fourth-order valence-electron chi connectivity index (χ4n) is 2.53. The van der Waals surface area contributed by atoms with Gasteiger partial charge < -0.3 is 14.6 Å². The van der Waals surface area contributed by atoms with Crippen molar-refractivity contribution in [3.63, 3.8) is 0 Å². The molecule has 0 aromatic heterocycles. The Morgan fingerprint density at radius 2 is 1.93 bits per heavy atom. The molecule has 0 radical (unpaired) electrons. The Morgan fingerprint density at radius 3 is 2.57 bits per heavy atom. The molecule has 0 spiro atoms. The van der Waals surface area contributed by atoms with E-state index in [2.05, 4.69) is 0 Å². The number of thioether (sulfide) groups is 1. The minimum atomic E-state index is -1.07. The Morgan fingerprint density at radius 1 is 1.21 bits per heavy atom. The molecule has 1 fully saturated rings. The van der Waals surface area contributed by atoms with Crippen LogP contribution in [-0.2, 0) is 9.59 Å². The highest BCUT2D eigenvalue weighted by Gasteiger charge is 2.33. The summed E-state index contributed by atoms with van der Waals surface area (Å²) >= 11 is 6.58. The fourth-order valence-corrected chi connectivity index (χ4v) is 3.83. The first-order valence-corrected chi connectivity index (χ1v) is 9.53. The number of rotatable bonds is 6. The first-order valence-electron chi connectivity index (χ1n) is 8.31. The van der Waals surface area contributed by atoms with Gasteiger partial charge in [-0.3, -0.25) is 9.69 Å². The van der Waals surface area contributed by atoms with Gasteiger partial charge in [0.25, 0.3) is 5.91 Å². The third-order valence-corrected chi connectivity index (χ3v) is 5.25. The predicted molar refractivity (Wildman–Crippen MR) is 113 cm³/mol. The standard InChI is InChI=1S/C20H17NO5S2/c1-12(19(23)24)26-15-9-8-13(10-16(15)25-2)11-17-18(22)21(20(27)28-17)14-6-4-3-5-7-14/h3-12H,1-2H3,(H,23,24). The number of ether oxygens (including phenoxy) is 2. The van der Waals surface area contributed by atoms with Gasteiger partial charge in [-0.05, 0) is 42.8 Å². The summed E-state index contributed by atoms with van der Waals surface area (Å²) in [6.07, 6.45) is 0.705. The van der Waals surface area contributed by atoms with Crippen molar-refractivity contribution in [3.8, 4) is 11.5 Å². The van der Waals surface area contributed by atoms with Crippen LogP contribution in [0.2, 0.25) is 0 Å². The van der Waals surface area contributed by atoms with Crippen LogP contribution in [0.15, 0.2) is 53.4 Å². The van der Waals surface area contributed by atoms with E-state index in [9.17, 15) is 9.59 Å². The average Bonchev–Trinajstić information content (AvgIpc) is 2.96. The van der Waals surface area contributed by atoms with E-state index in [4.69, 9.17) is 26.8 Å². The number of methoxy groups -OCH3 is 1. The van der Waals surface area contributed by atoms with E-state index in [1.54, 1.807) is 24.3 Å². The zero-order valence-electron chi connectivity index (χ0n) is 15.1. The van der Waals surface area contributed by atoms with Crippen molar-refractivity contribution < 1.29 is 24.2 Å². The number of thiocarbonyl (C=S) groups is 1. The van der Waals surface area contributed by atoms with Crippen molar-refractivity contribution >= 4 is 51.9 Å². The Bertz CT molecular complexity index is 958. The van der Waals surface area contributed by atoms with Crippen LogP contribution in [0.4, 0.5) is 5.69 Å². The Balaban J connectivity index is 1.86. The Labute approximate surface area is 171 Å². The van der Waals surface area contributed by atoms with E-state index < -0.39 is 12.1 Å². The quantitative estimate of drug-likeness (QED) is 0.565. The smallest absolute Gasteiger partial charge is 0.344 e. The van der Waals surface area contributed by atoms with E-state index in [0.717, 1.165) is 5.69 Å². The van der Waals surface area contributed by atoms with Crippen molar-refractivity contribution in [3.05, 3.63) is 59.0 Å². The highest BCUT2D eigenvalue weighted by atomic mass is 32.2. The zero-order valence-corrected chi connectivity index (χ0v) is 16.8. The van der Waals surface area contributed by atoms with Gasteiger partial charge in [0.2, 0.25) is 0 Å². The molecule has 28 heavy (non-hydrogen) atoms. The first kappa shape index (κ1) is 19.9. The van der Waals surface area contributed by atoms with Gasteiger partial charge in [-0.1, -0.05) is 48.2 Å². The summed E-state index contributed by atoms with van der Waals surface area (Å²) in [5, 5.41) is 8.99. The molecule has 0 saturated carbocycles. The largest absolute Gasteiger partial charge is 0.493 e. The van der Waals surface area contributed by atoms with Gasteiger partial charge in [0.05, 0.1) is 17.7 Å². The normalized spacial score (nSPS) is 16.4. The molecule has 0 aliphatic carbocycles. The third kappa shape index (κ3) is 4.18. The molecule has 3 rings (SSSR count). The summed E-state index contributed by atoms with van der Waals surface area (Å²) in [6, 6.07) is 14.2. The lowest BCUT2D eigenvalue weighted by atomic mass is 10.1. The van der Waals surface area contributed by atoms with Crippen molar-refractivity contribution in [2.45, 2.75) is 13.0 Å². The van der Waals surface area contributed by atoms with Gasteiger partial charge in [0.15, 0.2) is 21.9 Å². The molecule has 8 heteroatoms. The molecule has 2 aromatic rings. The average molecular weight is 415 g/mol. The topological polar surface area (TPSA) is 76.1 Å². The van der Waals surface area contributed by atoms with Crippen molar-refractivity contribution in [1.29, 1.82) is 0 Å². The molecule has 1 amide bonds. The van der Waals surface area contributed by atoms with E-state index >= 15 is 0 Å². The van der Waals surface area contributed by atoms with Crippen LogP contribution in [0.1, 0.15) is 12.5 Å². The van der Waals surface area contributed by atoms with Crippen LogP contribution in [0.25, 0.3) is 6.08 Å². The van der Waals surface area contributed by atoms with Crippen LogP contribution in [-0.4, -0.2) is 34.5 Å². The minimum Gasteiger partial charge on any atom is -0.493 e. The number of benzene rings is 2. The lowest BCUT2D eigenvalue weighted by Gasteiger charge is -2.14. The second-order valence-electron chi connectivity index (χ2n) is 5.86. The number of carboxylic acid groups (broad SMARTS) is 1. The number of carbonyl (C=O) groups excluding carboxylic acids is 1. The van der Waals surface area contributed by atoms with Crippen LogP contribution in [0.5, 0.6) is 11.5 Å². The van der Waals surface area contributed by atoms with Crippen molar-refractivity contribution in [1.82, 2.24) is 0 Å². The van der Waals surface area contributed by atoms with Gasteiger partial charge in [-0.2, -0.15) is 0 Å². The number of carboxylic acids is 1. The van der Waals surface area contributed by atoms with Crippen LogP contribution in [0.3, 0.4) is 0 Å². The maximum Gasteiger partial charge on any atom is 0.344 e. The number of aliphatic carboxylic acids is 1. The molecular formula is C20H17NO5S2. The number of carbonyl (C=O) groups is 2. The number of hydrogen-bond donors (Lipinski definition) is 1. The Kier molecular flexibility index (Phi) is 6.01. The molecule has 0 bridgehead atoms. The number of para-hydroxylation sites is 1. The summed E-state index contributed by atoms with van der Waals surface area (Å²) in [7, 11) is 1.46. The van der Waals surface area contributed by atoms with Crippen LogP contribution < -0.4 is 14.4 Å². The van der Waals surface area contributed by atoms with Crippen LogP contribution in [0, 0.1) is 0 Å². The van der Waals surface area contributed by atoms with Crippen molar-refractivity contribution in [2.75, 3.05) is 12.0 Å². The minimum absolute atomic E-state index is 0.194. The number of amides is 1. The van der Waals surface area contributed by atoms with Gasteiger partial charge in [-0.15, -0.1) is 0 Å². The van der Waals surface area contributed by atoms with Gasteiger partial charge in [-0.25, -0.2) is 4.79 Å². The van der Waals surface area contributed by atoms with Gasteiger partial charge >= 0.3 is 5.97 Å². The number of hydrogen-bond acceptors (Lipinski definition) is 6. The van der Waals surface area contributed by atoms with E-state index in [1.807, 2.05) is 30.3 Å². The highest BCUT2D eigenvalue weighted by Crippen LogP contribution is 2.37. The molecule has 1 unspecified atom stereocenters. The first-order chi connectivity index (χ1) is 13.4. The molecule has 1 aliphatic rings. The summed E-state index contributed by atoms with van der Waals surface area (Å²) in [6.45, 7) is 1.44. The molecule has 1 saturated heterocycles.